The van der Waals surface area contributed by atoms with Crippen LogP contribution in [-0.2, 0) is 13.2 Å². The number of halogens is 1. The summed E-state index contributed by atoms with van der Waals surface area (Å²) in [6.45, 7) is -0.172. The zero-order chi connectivity index (χ0) is 14.5. The zero-order valence-corrected chi connectivity index (χ0v) is 13.2. The topological polar surface area (TPSA) is 69.9 Å². The molecule has 0 aliphatic rings. The average molecular weight is 387 g/mol. The molecule has 0 aliphatic carbocycles. The van der Waals surface area contributed by atoms with Gasteiger partial charge in [0.25, 0.3) is 0 Å². The Bertz CT molecular complexity index is 556. The van der Waals surface area contributed by atoms with Crippen molar-refractivity contribution < 1.29 is 41.3 Å². The van der Waals surface area contributed by atoms with Gasteiger partial charge in [0, 0.05) is 0 Å². The molecule has 0 fully saturated rings. The van der Waals surface area contributed by atoms with Crippen molar-refractivity contribution in [3.63, 3.8) is 0 Å². The summed E-state index contributed by atoms with van der Waals surface area (Å²) in [5.74, 6) is 0.869. The third-order valence-electron chi connectivity index (χ3n) is 2.80. The van der Waals surface area contributed by atoms with Gasteiger partial charge < -0.3 is 0 Å². The third-order valence-corrected chi connectivity index (χ3v) is 6.07. The normalized spacial score (nSPS) is 10.8. The monoisotopic (exact) mass is 387 g/mol. The number of ether oxygens (including phenoxy) is 1. The van der Waals surface area contributed by atoms with Gasteiger partial charge in [-0.25, -0.2) is 0 Å². The minimum absolute atomic E-state index is 0.0860. The van der Waals surface area contributed by atoms with Gasteiger partial charge in [-0.1, -0.05) is 0 Å². The first-order valence-corrected chi connectivity index (χ1v) is 8.19. The van der Waals surface area contributed by atoms with Crippen LogP contribution >= 0.6 is 0 Å². The Kier molecular flexibility index (Phi) is 5.22. The number of hydrogen-bond acceptors (Lipinski definition) is 4. The molecule has 0 aliphatic heterocycles. The molecular formula is C15H16IO4-. The van der Waals surface area contributed by atoms with Crippen molar-refractivity contribution in [2.24, 2.45) is 0 Å². The first kappa shape index (κ1) is 15.1. The summed E-state index contributed by atoms with van der Waals surface area (Å²) in [5.41, 5.74) is 1.57. The molecule has 0 spiro atoms. The fourth-order valence-electron chi connectivity index (χ4n) is 1.80. The number of phenols is 1. The molecule has 2 aromatic carbocycles. The fraction of sp³-hybridized carbons (Fsp3) is 0.200. The van der Waals surface area contributed by atoms with E-state index in [9.17, 15) is 15.3 Å². The van der Waals surface area contributed by atoms with Gasteiger partial charge >= 0.3 is 128 Å². The molecule has 2 rings (SSSR count). The van der Waals surface area contributed by atoms with E-state index in [0.29, 0.717) is 5.75 Å². The minimum atomic E-state index is -0.545. The Morgan fingerprint density at radius 3 is 2.00 bits per heavy atom. The van der Waals surface area contributed by atoms with Crippen LogP contribution in [0.15, 0.2) is 36.4 Å². The van der Waals surface area contributed by atoms with Crippen LogP contribution in [0.4, 0.5) is 0 Å². The molecule has 0 heterocycles. The number of phenolic OH excluding ortho intramolecular Hbond substituents is 1. The van der Waals surface area contributed by atoms with Crippen LogP contribution < -0.4 is 25.9 Å². The van der Waals surface area contributed by atoms with Gasteiger partial charge in [0.15, 0.2) is 0 Å². The van der Waals surface area contributed by atoms with E-state index in [1.54, 1.807) is 31.4 Å². The summed E-state index contributed by atoms with van der Waals surface area (Å²) in [6, 6.07) is 10.6. The van der Waals surface area contributed by atoms with Crippen LogP contribution in [0.25, 0.3) is 0 Å². The van der Waals surface area contributed by atoms with Crippen molar-refractivity contribution in [2.45, 2.75) is 13.2 Å². The summed E-state index contributed by atoms with van der Waals surface area (Å²) in [6.07, 6.45) is 0. The zero-order valence-electron chi connectivity index (χ0n) is 11.0. The third kappa shape index (κ3) is 3.41. The van der Waals surface area contributed by atoms with Gasteiger partial charge in [0.1, 0.15) is 0 Å². The molecule has 0 saturated heterocycles. The molecule has 0 atom stereocenters. The van der Waals surface area contributed by atoms with Crippen molar-refractivity contribution in [3.8, 4) is 11.5 Å². The van der Waals surface area contributed by atoms with E-state index >= 15 is 0 Å². The van der Waals surface area contributed by atoms with E-state index in [1.165, 1.54) is 0 Å². The Morgan fingerprint density at radius 1 is 1.00 bits per heavy atom. The molecule has 5 heteroatoms. The SMILES string of the molecule is COc1cc(CO)c([I-]c2ccc(O)cc2)c(CO)c1. The van der Waals surface area contributed by atoms with Crippen molar-refractivity contribution in [1.29, 1.82) is 0 Å². The second kappa shape index (κ2) is 6.92. The fourth-order valence-corrected chi connectivity index (χ4v) is 4.49. The number of hydrogen-bond donors (Lipinski definition) is 3. The predicted octanol–water partition coefficient (Wildman–Crippen LogP) is -1.49. The summed E-state index contributed by atoms with van der Waals surface area (Å²) in [4.78, 5) is 0. The number of rotatable bonds is 5. The predicted molar refractivity (Wildman–Crippen MR) is 70.3 cm³/mol. The quantitative estimate of drug-likeness (QED) is 0.548. The van der Waals surface area contributed by atoms with E-state index in [-0.39, 0.29) is 19.0 Å². The summed E-state index contributed by atoms with van der Waals surface area (Å²) >= 11 is -0.545. The van der Waals surface area contributed by atoms with Gasteiger partial charge in [-0.05, 0) is 0 Å². The average Bonchev–Trinajstić information content (AvgIpc) is 2.49. The molecule has 2 aromatic rings. The first-order valence-electron chi connectivity index (χ1n) is 6.03. The van der Waals surface area contributed by atoms with Crippen molar-refractivity contribution in [3.05, 3.63) is 54.7 Å². The van der Waals surface area contributed by atoms with E-state index in [1.807, 2.05) is 12.1 Å². The van der Waals surface area contributed by atoms with E-state index < -0.39 is 21.2 Å². The van der Waals surface area contributed by atoms with Crippen LogP contribution in [-0.4, -0.2) is 22.4 Å². The molecule has 0 saturated carbocycles. The van der Waals surface area contributed by atoms with Gasteiger partial charge in [-0.15, -0.1) is 0 Å². The second-order valence-electron chi connectivity index (χ2n) is 4.15. The van der Waals surface area contributed by atoms with Crippen LogP contribution in [0.3, 0.4) is 0 Å². The van der Waals surface area contributed by atoms with Crippen LogP contribution in [0.5, 0.6) is 11.5 Å². The Morgan fingerprint density at radius 2 is 1.55 bits per heavy atom. The first-order chi connectivity index (χ1) is 9.67. The molecule has 0 bridgehead atoms. The van der Waals surface area contributed by atoms with Gasteiger partial charge in [-0.3, -0.25) is 0 Å². The molecule has 0 radical (unpaired) electrons. The van der Waals surface area contributed by atoms with Crippen molar-refractivity contribution in [1.82, 2.24) is 0 Å². The van der Waals surface area contributed by atoms with Crippen LogP contribution in [0, 0.1) is 7.14 Å². The molecule has 4 nitrogen and oxygen atoms in total. The number of aliphatic hydroxyl groups excluding tert-OH is 2. The molecule has 0 amide bonds. The summed E-state index contributed by atoms with van der Waals surface area (Å²) < 4.78 is 7.28. The maximum absolute atomic E-state index is 9.52. The Balaban J connectivity index is 2.41. The Labute approximate surface area is 127 Å². The second-order valence-corrected chi connectivity index (χ2v) is 7.01. The van der Waals surface area contributed by atoms with Gasteiger partial charge in [-0.2, -0.15) is 0 Å². The van der Waals surface area contributed by atoms with E-state index in [2.05, 4.69) is 0 Å². The molecular weight excluding hydrogens is 371 g/mol. The number of aliphatic hydroxyl groups is 2. The molecule has 0 unspecified atom stereocenters. The number of aromatic hydroxyl groups is 1. The van der Waals surface area contributed by atoms with Crippen LogP contribution in [0.1, 0.15) is 11.1 Å². The van der Waals surface area contributed by atoms with E-state index in [0.717, 1.165) is 18.3 Å². The van der Waals surface area contributed by atoms with Crippen molar-refractivity contribution in [2.75, 3.05) is 7.11 Å². The maximum atomic E-state index is 9.52. The summed E-state index contributed by atoms with van der Waals surface area (Å²) in [7, 11) is 1.56. The Hall–Kier alpha value is -1.31. The van der Waals surface area contributed by atoms with Crippen molar-refractivity contribution >= 4 is 0 Å². The standard InChI is InChI=1S/C15H16IO4/c1-20-14-6-10(8-17)15(11(7-14)9-18)16-12-2-4-13(19)5-3-12/h2-7,17-19H,8-9H2,1H3/q-1. The molecule has 20 heavy (non-hydrogen) atoms. The van der Waals surface area contributed by atoms with Crippen LogP contribution in [0.2, 0.25) is 0 Å². The molecule has 0 aromatic heterocycles. The number of methoxy groups -OCH3 is 1. The summed E-state index contributed by atoms with van der Waals surface area (Å²) in [5, 5.41) is 28.4. The molecule has 3 N–H and O–H groups in total. The van der Waals surface area contributed by atoms with E-state index in [4.69, 9.17) is 4.74 Å². The molecule has 108 valence electrons. The van der Waals surface area contributed by atoms with Gasteiger partial charge in [0.05, 0.1) is 0 Å². The van der Waals surface area contributed by atoms with Gasteiger partial charge in [0.2, 0.25) is 0 Å². The number of benzene rings is 2.